The first-order chi connectivity index (χ1) is 25.0. The van der Waals surface area contributed by atoms with Crippen LogP contribution in [0.5, 0.6) is 0 Å². The van der Waals surface area contributed by atoms with Crippen molar-refractivity contribution in [3.8, 4) is 33.4 Å². The maximum Gasteiger partial charge on any atom is 0.0629 e. The highest BCUT2D eigenvalue weighted by molar-refractivity contribution is 7.26. The molecule has 0 atom stereocenters. The van der Waals surface area contributed by atoms with Crippen LogP contribution >= 0.6 is 11.3 Å². The zero-order valence-corrected chi connectivity index (χ0v) is 26.1. The number of benzene rings is 9. The molecule has 0 unspecified atom stereocenters. The fourth-order valence-corrected chi connectivity index (χ4v) is 8.58. The van der Waals surface area contributed by atoms with Crippen molar-refractivity contribution in [2.24, 2.45) is 0 Å². The van der Waals surface area contributed by atoms with Gasteiger partial charge in [-0.3, -0.25) is 0 Å². The normalized spacial score (nSPS) is 13.0. The molecule has 218 valence electrons. The second-order valence-electron chi connectivity index (χ2n) is 12.1. The van der Waals surface area contributed by atoms with E-state index in [-0.39, 0.29) is 24.2 Å². The van der Waals surface area contributed by atoms with Crippen molar-refractivity contribution >= 4 is 74.6 Å². The van der Waals surface area contributed by atoms with Crippen LogP contribution in [0.3, 0.4) is 0 Å². The topological polar surface area (TPSA) is 0 Å². The molecule has 0 aliphatic heterocycles. The second kappa shape index (κ2) is 10.4. The Morgan fingerprint density at radius 3 is 1.79 bits per heavy atom. The Hall–Kier alpha value is -5.76. The number of hydrogen-bond donors (Lipinski definition) is 0. The standard InChI is InChI=1S/C46H28S/c1-2-12-31(13-3-1)44-38-18-9-8-17-37(38)43(39-26-25-29-11-6-7-16-36(29)46(39)44)32-23-21-30(22-24-32)35-19-10-20-41-45(35)40-27-33-14-4-5-15-34(33)28-42(40)47-41/h1-28H/i21D,22D,23D,24D. The Balaban J connectivity index is 1.32. The van der Waals surface area contributed by atoms with Gasteiger partial charge in [-0.15, -0.1) is 11.3 Å². The Bertz CT molecular complexity index is 3040. The van der Waals surface area contributed by atoms with Gasteiger partial charge in [0, 0.05) is 20.2 Å². The predicted molar refractivity (Wildman–Crippen MR) is 206 cm³/mol. The molecule has 1 heterocycles. The van der Waals surface area contributed by atoms with Crippen molar-refractivity contribution in [1.82, 2.24) is 0 Å². The summed E-state index contributed by atoms with van der Waals surface area (Å²) in [6.45, 7) is 0. The second-order valence-corrected chi connectivity index (χ2v) is 13.2. The molecule has 10 rings (SSSR count). The van der Waals surface area contributed by atoms with Crippen molar-refractivity contribution in [2.75, 3.05) is 0 Å². The molecule has 0 saturated heterocycles. The first kappa shape index (κ1) is 22.7. The quantitative estimate of drug-likeness (QED) is 0.137. The lowest BCUT2D eigenvalue weighted by Crippen LogP contribution is -1.92. The van der Waals surface area contributed by atoms with E-state index in [4.69, 9.17) is 0 Å². The highest BCUT2D eigenvalue weighted by Crippen LogP contribution is 2.47. The fourth-order valence-electron chi connectivity index (χ4n) is 7.41. The van der Waals surface area contributed by atoms with Gasteiger partial charge in [0.05, 0.1) is 5.48 Å². The SMILES string of the molecule is [2H]c1c([2H])c(-c2cccc3sc4cc5ccccc5cc4c23)c([2H])c([2H])c1-c1c2ccccc2c(-c2ccccc2)c2c1ccc1ccccc12. The molecule has 0 N–H and O–H groups in total. The van der Waals surface area contributed by atoms with Crippen LogP contribution in [0.1, 0.15) is 5.48 Å². The Morgan fingerprint density at radius 1 is 0.362 bits per heavy atom. The van der Waals surface area contributed by atoms with E-state index in [0.717, 1.165) is 85.5 Å². The van der Waals surface area contributed by atoms with E-state index in [9.17, 15) is 5.48 Å². The predicted octanol–water partition coefficient (Wildman–Crippen LogP) is 13.7. The molecule has 47 heavy (non-hydrogen) atoms. The van der Waals surface area contributed by atoms with Gasteiger partial charge in [-0.05, 0) is 94.7 Å². The van der Waals surface area contributed by atoms with Gasteiger partial charge >= 0.3 is 0 Å². The van der Waals surface area contributed by atoms with E-state index in [2.05, 4.69) is 84.9 Å². The van der Waals surface area contributed by atoms with E-state index in [1.54, 1.807) is 11.3 Å². The van der Waals surface area contributed by atoms with Crippen LogP contribution in [0.25, 0.3) is 96.6 Å². The molecular formula is C46H28S. The zero-order chi connectivity index (χ0) is 34.4. The average molecular weight is 617 g/mol. The van der Waals surface area contributed by atoms with Crippen molar-refractivity contribution in [3.05, 3.63) is 170 Å². The van der Waals surface area contributed by atoms with Crippen molar-refractivity contribution in [1.29, 1.82) is 0 Å². The van der Waals surface area contributed by atoms with Gasteiger partial charge in [0.2, 0.25) is 0 Å². The summed E-state index contributed by atoms with van der Waals surface area (Å²) in [5.41, 5.74) is 4.26. The summed E-state index contributed by atoms with van der Waals surface area (Å²) >= 11 is 1.69. The summed E-state index contributed by atoms with van der Waals surface area (Å²) in [6.07, 6.45) is 0. The van der Waals surface area contributed by atoms with Gasteiger partial charge in [-0.25, -0.2) is 0 Å². The van der Waals surface area contributed by atoms with Crippen LogP contribution in [-0.2, 0) is 0 Å². The molecule has 0 aliphatic carbocycles. The number of hydrogen-bond acceptors (Lipinski definition) is 1. The molecule has 0 fully saturated rings. The molecule has 0 spiro atoms. The molecule has 0 bridgehead atoms. The Labute approximate surface area is 282 Å². The summed E-state index contributed by atoms with van der Waals surface area (Å²) in [7, 11) is 0. The van der Waals surface area contributed by atoms with Crippen LogP contribution in [0, 0.1) is 0 Å². The van der Waals surface area contributed by atoms with Gasteiger partial charge in [-0.2, -0.15) is 0 Å². The molecule has 0 radical (unpaired) electrons. The fraction of sp³-hybridized carbons (Fsp3) is 0. The van der Waals surface area contributed by atoms with Crippen LogP contribution in [0.4, 0.5) is 0 Å². The van der Waals surface area contributed by atoms with Gasteiger partial charge < -0.3 is 0 Å². The molecule has 10 aromatic rings. The summed E-state index contributed by atoms with van der Waals surface area (Å²) in [5.74, 6) is 0. The lowest BCUT2D eigenvalue weighted by atomic mass is 9.84. The van der Waals surface area contributed by atoms with Gasteiger partial charge in [0.15, 0.2) is 0 Å². The van der Waals surface area contributed by atoms with E-state index in [1.165, 1.54) is 0 Å². The van der Waals surface area contributed by atoms with E-state index in [0.29, 0.717) is 11.1 Å². The molecular weight excluding hydrogens is 585 g/mol. The van der Waals surface area contributed by atoms with Gasteiger partial charge in [0.25, 0.3) is 0 Å². The van der Waals surface area contributed by atoms with Crippen LogP contribution in [-0.4, -0.2) is 0 Å². The summed E-state index contributed by atoms with van der Waals surface area (Å²) in [6, 6.07) is 49.6. The van der Waals surface area contributed by atoms with Crippen LogP contribution in [0.15, 0.2) is 170 Å². The van der Waals surface area contributed by atoms with Crippen molar-refractivity contribution in [2.45, 2.75) is 0 Å². The lowest BCUT2D eigenvalue weighted by Gasteiger charge is -2.19. The van der Waals surface area contributed by atoms with Crippen molar-refractivity contribution in [3.63, 3.8) is 0 Å². The largest absolute Gasteiger partial charge is 0.135 e. The van der Waals surface area contributed by atoms with Crippen LogP contribution < -0.4 is 0 Å². The molecule has 0 saturated carbocycles. The molecule has 1 aromatic heterocycles. The minimum atomic E-state index is -0.0416. The molecule has 0 amide bonds. The molecule has 0 aliphatic rings. The molecule has 9 aromatic carbocycles. The summed E-state index contributed by atoms with van der Waals surface area (Å²) in [5, 5.41) is 10.3. The zero-order valence-electron chi connectivity index (χ0n) is 29.3. The monoisotopic (exact) mass is 616 g/mol. The third-order valence-corrected chi connectivity index (χ3v) is 10.6. The lowest BCUT2D eigenvalue weighted by molar-refractivity contribution is 1.64. The summed E-state index contributed by atoms with van der Waals surface area (Å²) < 4.78 is 40.6. The average Bonchev–Trinajstić information content (AvgIpc) is 3.54. The number of fused-ring (bicyclic) bond motifs is 8. The van der Waals surface area contributed by atoms with Gasteiger partial charge in [-0.1, -0.05) is 152 Å². The molecule has 0 nitrogen and oxygen atoms in total. The Kier molecular flexibility index (Phi) is 5.02. The number of rotatable bonds is 3. The minimum absolute atomic E-state index is 0.0382. The van der Waals surface area contributed by atoms with Crippen LogP contribution in [0.2, 0.25) is 0 Å². The van der Waals surface area contributed by atoms with E-state index >= 15 is 0 Å². The first-order valence-corrected chi connectivity index (χ1v) is 16.7. The highest BCUT2D eigenvalue weighted by atomic mass is 32.1. The van der Waals surface area contributed by atoms with Crippen molar-refractivity contribution < 1.29 is 5.48 Å². The molecule has 1 heteroatoms. The third-order valence-electron chi connectivity index (χ3n) is 9.48. The first-order valence-electron chi connectivity index (χ1n) is 17.9. The summed E-state index contributed by atoms with van der Waals surface area (Å²) in [4.78, 5) is 0. The third kappa shape index (κ3) is 4.07. The smallest absolute Gasteiger partial charge is 0.0629 e. The number of thiophene rings is 1. The Morgan fingerprint density at radius 2 is 1.00 bits per heavy atom. The van der Waals surface area contributed by atoms with E-state index in [1.807, 2.05) is 60.7 Å². The minimum Gasteiger partial charge on any atom is -0.135 e. The maximum atomic E-state index is 9.65. The van der Waals surface area contributed by atoms with E-state index < -0.39 is 0 Å². The highest BCUT2D eigenvalue weighted by Gasteiger charge is 2.19. The van der Waals surface area contributed by atoms with Gasteiger partial charge in [0.1, 0.15) is 0 Å². The maximum absolute atomic E-state index is 9.65.